The Hall–Kier alpha value is -2.52. The van der Waals surface area contributed by atoms with Crippen LogP contribution in [0.5, 0.6) is 0 Å². The first-order chi connectivity index (χ1) is 15.8. The topological polar surface area (TPSA) is 88.9 Å². The summed E-state index contributed by atoms with van der Waals surface area (Å²) in [5.74, 6) is 0.0156. The number of aromatic nitrogens is 3. The van der Waals surface area contributed by atoms with Crippen LogP contribution in [0.2, 0.25) is 15.1 Å². The summed E-state index contributed by atoms with van der Waals surface area (Å²) in [6, 6.07) is 11.2. The fraction of sp³-hybridized carbons (Fsp3) is 0.182. The van der Waals surface area contributed by atoms with E-state index in [1.165, 1.54) is 11.8 Å². The molecule has 33 heavy (non-hydrogen) atoms. The summed E-state index contributed by atoms with van der Waals surface area (Å²) in [4.78, 5) is 25.0. The number of carbonyl (C=O) groups is 2. The van der Waals surface area contributed by atoms with Gasteiger partial charge in [-0.25, -0.2) is 0 Å². The molecule has 1 atom stereocenters. The van der Waals surface area contributed by atoms with Gasteiger partial charge in [0, 0.05) is 11.6 Å². The van der Waals surface area contributed by atoms with Gasteiger partial charge in [0.1, 0.15) is 0 Å². The van der Waals surface area contributed by atoms with Crippen molar-refractivity contribution >= 4 is 64.1 Å². The Morgan fingerprint density at radius 1 is 1.15 bits per heavy atom. The van der Waals surface area contributed by atoms with Gasteiger partial charge in [-0.15, -0.1) is 16.8 Å². The first-order valence-corrected chi connectivity index (χ1v) is 11.9. The van der Waals surface area contributed by atoms with Crippen LogP contribution < -0.4 is 10.6 Å². The van der Waals surface area contributed by atoms with Crippen LogP contribution in [-0.4, -0.2) is 32.3 Å². The predicted octanol–water partition coefficient (Wildman–Crippen LogP) is 5.65. The number of allylic oxidation sites excluding steroid dienone is 1. The molecular weight excluding hydrogens is 505 g/mol. The SMILES string of the molecule is C=CCn1c(SCC(=O)Nc2ccc(Cl)cc2Cl)nnc1[C@H](C)NC(=O)c1ccccc1Cl. The quantitative estimate of drug-likeness (QED) is 0.279. The summed E-state index contributed by atoms with van der Waals surface area (Å²) in [6.45, 7) is 5.97. The van der Waals surface area contributed by atoms with Gasteiger partial charge in [-0.05, 0) is 37.3 Å². The molecule has 0 aliphatic heterocycles. The molecule has 0 bridgehead atoms. The first-order valence-electron chi connectivity index (χ1n) is 9.77. The zero-order valence-corrected chi connectivity index (χ0v) is 20.6. The van der Waals surface area contributed by atoms with Crippen LogP contribution in [-0.2, 0) is 11.3 Å². The Bertz CT molecular complexity index is 1180. The van der Waals surface area contributed by atoms with Gasteiger partial charge in [0.2, 0.25) is 5.91 Å². The first kappa shape index (κ1) is 25.1. The van der Waals surface area contributed by atoms with E-state index in [1.807, 2.05) is 0 Å². The van der Waals surface area contributed by atoms with Crippen molar-refractivity contribution in [2.75, 3.05) is 11.1 Å². The van der Waals surface area contributed by atoms with Gasteiger partial charge in [-0.3, -0.25) is 9.59 Å². The lowest BCUT2D eigenvalue weighted by molar-refractivity contribution is -0.113. The summed E-state index contributed by atoms with van der Waals surface area (Å²) in [5.41, 5.74) is 0.837. The zero-order chi connectivity index (χ0) is 24.0. The number of anilines is 1. The lowest BCUT2D eigenvalue weighted by Gasteiger charge is -2.15. The predicted molar refractivity (Wildman–Crippen MR) is 133 cm³/mol. The van der Waals surface area contributed by atoms with Crippen molar-refractivity contribution in [3.8, 4) is 0 Å². The Balaban J connectivity index is 1.68. The number of hydrogen-bond acceptors (Lipinski definition) is 5. The zero-order valence-electron chi connectivity index (χ0n) is 17.5. The minimum atomic E-state index is -0.461. The molecule has 1 heterocycles. The van der Waals surface area contributed by atoms with Gasteiger partial charge < -0.3 is 15.2 Å². The maximum atomic E-state index is 12.6. The summed E-state index contributed by atoms with van der Waals surface area (Å²) in [6.07, 6.45) is 1.69. The molecule has 2 aromatic carbocycles. The second-order valence-electron chi connectivity index (χ2n) is 6.88. The fourth-order valence-electron chi connectivity index (χ4n) is 2.92. The molecule has 0 unspecified atom stereocenters. The van der Waals surface area contributed by atoms with Crippen molar-refractivity contribution in [3.63, 3.8) is 0 Å². The Kier molecular flexibility index (Phi) is 8.80. The molecule has 11 heteroatoms. The van der Waals surface area contributed by atoms with Crippen molar-refractivity contribution in [3.05, 3.63) is 81.6 Å². The lowest BCUT2D eigenvalue weighted by Crippen LogP contribution is -2.29. The third-order valence-corrected chi connectivity index (χ3v) is 6.29. The molecular formula is C22H20Cl3N5O2S. The minimum absolute atomic E-state index is 0.0780. The normalized spacial score (nSPS) is 11.6. The molecule has 7 nitrogen and oxygen atoms in total. The smallest absolute Gasteiger partial charge is 0.253 e. The molecule has 3 rings (SSSR count). The Morgan fingerprint density at radius 3 is 2.61 bits per heavy atom. The van der Waals surface area contributed by atoms with Gasteiger partial charge >= 0.3 is 0 Å². The molecule has 0 aliphatic carbocycles. The molecule has 0 saturated carbocycles. The highest BCUT2D eigenvalue weighted by atomic mass is 35.5. The number of benzene rings is 2. The molecule has 0 radical (unpaired) electrons. The number of thioether (sulfide) groups is 1. The average molecular weight is 525 g/mol. The second-order valence-corrected chi connectivity index (χ2v) is 9.07. The van der Waals surface area contributed by atoms with Gasteiger partial charge in [0.25, 0.3) is 5.91 Å². The van der Waals surface area contributed by atoms with E-state index in [4.69, 9.17) is 34.8 Å². The van der Waals surface area contributed by atoms with Crippen molar-refractivity contribution < 1.29 is 9.59 Å². The summed E-state index contributed by atoms with van der Waals surface area (Å²) < 4.78 is 1.79. The summed E-state index contributed by atoms with van der Waals surface area (Å²) >= 11 is 19.3. The van der Waals surface area contributed by atoms with Crippen LogP contribution in [0.1, 0.15) is 29.1 Å². The standard InChI is InChI=1S/C22H20Cl3N5O2S/c1-3-10-30-20(13(2)26-21(32)15-6-4-5-7-16(15)24)28-29-22(30)33-12-19(31)27-18-9-8-14(23)11-17(18)25/h3-9,11,13H,1,10,12H2,2H3,(H,26,32)(H,27,31)/t13-/m0/s1. The molecule has 0 spiro atoms. The van der Waals surface area contributed by atoms with Crippen LogP contribution in [0.15, 0.2) is 60.3 Å². The van der Waals surface area contributed by atoms with Gasteiger partial charge in [0.05, 0.1) is 33.1 Å². The Morgan fingerprint density at radius 2 is 1.91 bits per heavy atom. The number of hydrogen-bond donors (Lipinski definition) is 2. The van der Waals surface area contributed by atoms with E-state index in [9.17, 15) is 9.59 Å². The molecule has 3 aromatic rings. The van der Waals surface area contributed by atoms with E-state index >= 15 is 0 Å². The number of carbonyl (C=O) groups excluding carboxylic acids is 2. The Labute approximate surface area is 210 Å². The molecule has 0 aliphatic rings. The average Bonchev–Trinajstić information content (AvgIpc) is 3.17. The van der Waals surface area contributed by atoms with Crippen LogP contribution in [0.4, 0.5) is 5.69 Å². The van der Waals surface area contributed by atoms with E-state index in [1.54, 1.807) is 60.0 Å². The van der Waals surface area contributed by atoms with E-state index in [-0.39, 0.29) is 17.6 Å². The summed E-state index contributed by atoms with van der Waals surface area (Å²) in [5, 5.41) is 15.7. The van der Waals surface area contributed by atoms with E-state index in [0.29, 0.717) is 43.8 Å². The van der Waals surface area contributed by atoms with Crippen LogP contribution in [0, 0.1) is 0 Å². The lowest BCUT2D eigenvalue weighted by atomic mass is 10.2. The number of rotatable bonds is 9. The molecule has 0 saturated heterocycles. The molecule has 1 aromatic heterocycles. The van der Waals surface area contributed by atoms with E-state index in [2.05, 4.69) is 27.4 Å². The third-order valence-electron chi connectivity index (χ3n) is 4.45. The second kappa shape index (κ2) is 11.6. The highest BCUT2D eigenvalue weighted by Crippen LogP contribution is 2.26. The summed E-state index contributed by atoms with van der Waals surface area (Å²) in [7, 11) is 0. The fourth-order valence-corrected chi connectivity index (χ4v) is 4.35. The minimum Gasteiger partial charge on any atom is -0.342 e. The van der Waals surface area contributed by atoms with Gasteiger partial charge in [0.15, 0.2) is 11.0 Å². The molecule has 2 amide bonds. The van der Waals surface area contributed by atoms with Crippen molar-refractivity contribution in [2.45, 2.75) is 24.7 Å². The van der Waals surface area contributed by atoms with Gasteiger partial charge in [-0.1, -0.05) is 64.8 Å². The number of nitrogens with zero attached hydrogens (tertiary/aromatic N) is 3. The number of amides is 2. The maximum absolute atomic E-state index is 12.6. The van der Waals surface area contributed by atoms with Crippen molar-refractivity contribution in [1.82, 2.24) is 20.1 Å². The van der Waals surface area contributed by atoms with E-state index in [0.717, 1.165) is 0 Å². The maximum Gasteiger partial charge on any atom is 0.253 e. The van der Waals surface area contributed by atoms with E-state index < -0.39 is 6.04 Å². The van der Waals surface area contributed by atoms with Gasteiger partial charge in [-0.2, -0.15) is 0 Å². The molecule has 0 fully saturated rings. The molecule has 2 N–H and O–H groups in total. The van der Waals surface area contributed by atoms with Crippen LogP contribution in [0.3, 0.4) is 0 Å². The number of halogens is 3. The van der Waals surface area contributed by atoms with Crippen LogP contribution >= 0.6 is 46.6 Å². The van der Waals surface area contributed by atoms with Crippen molar-refractivity contribution in [2.24, 2.45) is 0 Å². The van der Waals surface area contributed by atoms with Crippen molar-refractivity contribution in [1.29, 1.82) is 0 Å². The third kappa shape index (κ3) is 6.51. The largest absolute Gasteiger partial charge is 0.342 e. The van der Waals surface area contributed by atoms with Crippen LogP contribution in [0.25, 0.3) is 0 Å². The highest BCUT2D eigenvalue weighted by molar-refractivity contribution is 7.99. The molecule has 172 valence electrons. The number of nitrogens with one attached hydrogen (secondary N) is 2. The monoisotopic (exact) mass is 523 g/mol. The highest BCUT2D eigenvalue weighted by Gasteiger charge is 2.21.